The molecule has 0 aliphatic heterocycles. The summed E-state index contributed by atoms with van der Waals surface area (Å²) in [6.07, 6.45) is 1.98. The lowest BCUT2D eigenvalue weighted by Crippen LogP contribution is -2.11. The monoisotopic (exact) mass is 205 g/mol. The minimum absolute atomic E-state index is 0.461. The standard InChI is InChI=1S/C13H19NO/c1-4-10-9-13(10,15)11-5-7-12(8-6-11)14(2)3/h5-8,10,15H,4,9H2,1-3H3. The molecule has 1 saturated carbocycles. The van der Waals surface area contributed by atoms with Crippen LogP contribution in [-0.4, -0.2) is 19.2 Å². The van der Waals surface area contributed by atoms with Gasteiger partial charge in [0.25, 0.3) is 0 Å². The summed E-state index contributed by atoms with van der Waals surface area (Å²) in [7, 11) is 4.05. The van der Waals surface area contributed by atoms with Gasteiger partial charge in [0.15, 0.2) is 0 Å². The second kappa shape index (κ2) is 3.53. The van der Waals surface area contributed by atoms with E-state index >= 15 is 0 Å². The normalized spacial score (nSPS) is 28.9. The van der Waals surface area contributed by atoms with Crippen molar-refractivity contribution in [3.8, 4) is 0 Å². The third kappa shape index (κ3) is 1.74. The van der Waals surface area contributed by atoms with E-state index in [0.29, 0.717) is 5.92 Å². The van der Waals surface area contributed by atoms with E-state index in [-0.39, 0.29) is 0 Å². The molecule has 0 bridgehead atoms. The van der Waals surface area contributed by atoms with Crippen LogP contribution in [-0.2, 0) is 5.60 Å². The van der Waals surface area contributed by atoms with Crippen molar-refractivity contribution in [2.24, 2.45) is 5.92 Å². The average Bonchev–Trinajstić information content (AvgIpc) is 2.91. The predicted octanol–water partition coefficient (Wildman–Crippen LogP) is 2.37. The van der Waals surface area contributed by atoms with Gasteiger partial charge in [-0.15, -0.1) is 0 Å². The molecular weight excluding hydrogens is 186 g/mol. The summed E-state index contributed by atoms with van der Waals surface area (Å²) in [6.45, 7) is 2.14. The second-order valence-corrected chi connectivity index (χ2v) is 4.67. The molecule has 0 heterocycles. The van der Waals surface area contributed by atoms with E-state index < -0.39 is 5.60 Å². The number of nitrogens with zero attached hydrogens (tertiary/aromatic N) is 1. The summed E-state index contributed by atoms with van der Waals surface area (Å²) in [5.41, 5.74) is 1.72. The van der Waals surface area contributed by atoms with E-state index in [9.17, 15) is 5.11 Å². The topological polar surface area (TPSA) is 23.5 Å². The van der Waals surface area contributed by atoms with Crippen LogP contribution < -0.4 is 4.90 Å². The van der Waals surface area contributed by atoms with Crippen molar-refractivity contribution >= 4 is 5.69 Å². The highest BCUT2D eigenvalue weighted by Crippen LogP contribution is 2.53. The lowest BCUT2D eigenvalue weighted by molar-refractivity contribution is 0.130. The van der Waals surface area contributed by atoms with Gasteiger partial charge in [-0.05, 0) is 30.0 Å². The molecule has 1 aromatic rings. The minimum atomic E-state index is -0.528. The third-order valence-corrected chi connectivity index (χ3v) is 3.45. The van der Waals surface area contributed by atoms with E-state index in [4.69, 9.17) is 0 Å². The van der Waals surface area contributed by atoms with Gasteiger partial charge in [-0.3, -0.25) is 0 Å². The Morgan fingerprint density at radius 2 is 1.93 bits per heavy atom. The molecule has 82 valence electrons. The maximum Gasteiger partial charge on any atom is 0.0929 e. The Bertz CT molecular complexity index is 344. The summed E-state index contributed by atoms with van der Waals surface area (Å²) < 4.78 is 0. The largest absolute Gasteiger partial charge is 0.385 e. The number of hydrogen-bond donors (Lipinski definition) is 1. The molecule has 2 heteroatoms. The van der Waals surface area contributed by atoms with E-state index in [0.717, 1.165) is 18.4 Å². The fourth-order valence-electron chi connectivity index (χ4n) is 2.20. The molecule has 1 aliphatic carbocycles. The highest BCUT2D eigenvalue weighted by atomic mass is 16.3. The first-order chi connectivity index (χ1) is 7.08. The maximum absolute atomic E-state index is 10.3. The Balaban J connectivity index is 2.18. The average molecular weight is 205 g/mol. The number of aliphatic hydroxyl groups is 1. The lowest BCUT2D eigenvalue weighted by atomic mass is 10.0. The first-order valence-electron chi connectivity index (χ1n) is 5.58. The van der Waals surface area contributed by atoms with Crippen molar-refractivity contribution in [2.45, 2.75) is 25.4 Å². The molecule has 2 unspecified atom stereocenters. The van der Waals surface area contributed by atoms with Gasteiger partial charge in [0, 0.05) is 19.8 Å². The minimum Gasteiger partial charge on any atom is -0.385 e. The van der Waals surface area contributed by atoms with Gasteiger partial charge in [-0.25, -0.2) is 0 Å². The van der Waals surface area contributed by atoms with E-state index in [1.807, 2.05) is 26.2 Å². The van der Waals surface area contributed by atoms with E-state index in [1.54, 1.807) is 0 Å². The third-order valence-electron chi connectivity index (χ3n) is 3.45. The van der Waals surface area contributed by atoms with Crippen LogP contribution in [0.15, 0.2) is 24.3 Å². The summed E-state index contributed by atoms with van der Waals surface area (Å²) in [4.78, 5) is 2.07. The van der Waals surface area contributed by atoms with Gasteiger partial charge in [-0.2, -0.15) is 0 Å². The molecule has 1 N–H and O–H groups in total. The van der Waals surface area contributed by atoms with Crippen LogP contribution >= 0.6 is 0 Å². The quantitative estimate of drug-likeness (QED) is 0.819. The van der Waals surface area contributed by atoms with E-state index in [2.05, 4.69) is 24.0 Å². The maximum atomic E-state index is 10.3. The van der Waals surface area contributed by atoms with Crippen LogP contribution in [0.5, 0.6) is 0 Å². The molecule has 0 radical (unpaired) electrons. The SMILES string of the molecule is CCC1CC1(O)c1ccc(N(C)C)cc1. The van der Waals surface area contributed by atoms with Crippen LogP contribution in [0.4, 0.5) is 5.69 Å². The van der Waals surface area contributed by atoms with Crippen LogP contribution in [0.2, 0.25) is 0 Å². The predicted molar refractivity (Wildman–Crippen MR) is 63.1 cm³/mol. The smallest absolute Gasteiger partial charge is 0.0929 e. The summed E-state index contributed by atoms with van der Waals surface area (Å²) >= 11 is 0. The van der Waals surface area contributed by atoms with Crippen LogP contribution in [0.3, 0.4) is 0 Å². The molecule has 15 heavy (non-hydrogen) atoms. The van der Waals surface area contributed by atoms with Crippen LogP contribution in [0, 0.1) is 5.92 Å². The lowest BCUT2D eigenvalue weighted by Gasteiger charge is -2.15. The Morgan fingerprint density at radius 1 is 1.33 bits per heavy atom. The fourth-order valence-corrected chi connectivity index (χ4v) is 2.20. The molecule has 1 aromatic carbocycles. The molecule has 2 atom stereocenters. The fraction of sp³-hybridized carbons (Fsp3) is 0.538. The summed E-state index contributed by atoms with van der Waals surface area (Å²) in [5, 5.41) is 10.3. The van der Waals surface area contributed by atoms with Crippen molar-refractivity contribution in [2.75, 3.05) is 19.0 Å². The number of benzene rings is 1. The first kappa shape index (κ1) is 10.5. The van der Waals surface area contributed by atoms with Crippen molar-refractivity contribution in [1.29, 1.82) is 0 Å². The van der Waals surface area contributed by atoms with E-state index in [1.165, 1.54) is 5.69 Å². The van der Waals surface area contributed by atoms with Crippen molar-refractivity contribution in [1.82, 2.24) is 0 Å². The van der Waals surface area contributed by atoms with Gasteiger partial charge < -0.3 is 10.0 Å². The molecule has 2 nitrogen and oxygen atoms in total. The zero-order valence-electron chi connectivity index (χ0n) is 9.70. The summed E-state index contributed by atoms with van der Waals surface area (Å²) in [5.74, 6) is 0.461. The summed E-state index contributed by atoms with van der Waals surface area (Å²) in [6, 6.07) is 8.23. The molecule has 1 aliphatic rings. The second-order valence-electron chi connectivity index (χ2n) is 4.67. The van der Waals surface area contributed by atoms with Crippen molar-refractivity contribution in [3.05, 3.63) is 29.8 Å². The van der Waals surface area contributed by atoms with Crippen molar-refractivity contribution < 1.29 is 5.11 Å². The van der Waals surface area contributed by atoms with Gasteiger partial charge in [0.1, 0.15) is 0 Å². The molecule has 0 aromatic heterocycles. The van der Waals surface area contributed by atoms with Crippen LogP contribution in [0.25, 0.3) is 0 Å². The molecule has 1 fully saturated rings. The van der Waals surface area contributed by atoms with Crippen molar-refractivity contribution in [3.63, 3.8) is 0 Å². The van der Waals surface area contributed by atoms with Gasteiger partial charge >= 0.3 is 0 Å². The molecule has 2 rings (SSSR count). The first-order valence-corrected chi connectivity index (χ1v) is 5.58. The Kier molecular flexibility index (Phi) is 2.47. The Labute approximate surface area is 91.5 Å². The van der Waals surface area contributed by atoms with Crippen LogP contribution in [0.1, 0.15) is 25.3 Å². The Hall–Kier alpha value is -1.02. The highest BCUT2D eigenvalue weighted by Gasteiger charge is 2.52. The molecular formula is C13H19NO. The zero-order chi connectivity index (χ0) is 11.1. The number of rotatable bonds is 3. The van der Waals surface area contributed by atoms with Gasteiger partial charge in [0.05, 0.1) is 5.60 Å². The van der Waals surface area contributed by atoms with Gasteiger partial charge in [0.2, 0.25) is 0 Å². The molecule has 0 spiro atoms. The van der Waals surface area contributed by atoms with Gasteiger partial charge in [-0.1, -0.05) is 25.5 Å². The highest BCUT2D eigenvalue weighted by molar-refractivity contribution is 5.47. The molecule has 0 amide bonds. The number of anilines is 1. The number of hydrogen-bond acceptors (Lipinski definition) is 2. The zero-order valence-corrected chi connectivity index (χ0v) is 9.70. The molecule has 0 saturated heterocycles. The Morgan fingerprint density at radius 3 is 2.33 bits per heavy atom.